The maximum atomic E-state index is 13.4. The smallest absolute Gasteiger partial charge is 0.379 e. The van der Waals surface area contributed by atoms with Gasteiger partial charge in [-0.15, -0.1) is 0 Å². The number of rotatable bonds is 2. The summed E-state index contributed by atoms with van der Waals surface area (Å²) >= 11 is 0. The van der Waals surface area contributed by atoms with Gasteiger partial charge in [-0.05, 0) is 12.1 Å². The average molecular weight is 225 g/mol. The molecule has 2 aromatic rings. The number of carboxylic acid groups (broad SMARTS) is 1. The molecule has 84 valence electrons. The first-order valence-electron chi connectivity index (χ1n) is 4.60. The lowest BCUT2D eigenvalue weighted by atomic mass is 10.0. The summed E-state index contributed by atoms with van der Waals surface area (Å²) in [5.74, 6) is -6.00. The molecular formula is C11H9F2NO2. The Kier molecular flexibility index (Phi) is 2.18. The van der Waals surface area contributed by atoms with Crippen LogP contribution in [-0.4, -0.2) is 15.6 Å². The van der Waals surface area contributed by atoms with E-state index in [0.29, 0.717) is 5.52 Å². The van der Waals surface area contributed by atoms with E-state index in [4.69, 9.17) is 5.11 Å². The second-order valence-electron chi connectivity index (χ2n) is 3.54. The quantitative estimate of drug-likeness (QED) is 0.852. The molecule has 0 aliphatic heterocycles. The van der Waals surface area contributed by atoms with Crippen LogP contribution in [0.3, 0.4) is 0 Å². The molecule has 0 aliphatic carbocycles. The van der Waals surface area contributed by atoms with Crippen LogP contribution in [0.5, 0.6) is 0 Å². The second kappa shape index (κ2) is 3.30. The Bertz CT molecular complexity index is 560. The van der Waals surface area contributed by atoms with Gasteiger partial charge in [0.1, 0.15) is 0 Å². The molecule has 0 bridgehead atoms. The molecule has 0 saturated carbocycles. The summed E-state index contributed by atoms with van der Waals surface area (Å²) in [5, 5.41) is 8.77. The van der Waals surface area contributed by atoms with Crippen molar-refractivity contribution in [3.05, 3.63) is 36.0 Å². The number of aryl methyl sites for hydroxylation is 1. The minimum atomic E-state index is -3.86. The second-order valence-corrected chi connectivity index (χ2v) is 3.54. The highest BCUT2D eigenvalue weighted by Gasteiger charge is 2.42. The predicted octanol–water partition coefficient (Wildman–Crippen LogP) is 2.35. The van der Waals surface area contributed by atoms with Crippen LogP contribution < -0.4 is 0 Å². The molecule has 0 radical (unpaired) electrons. The zero-order valence-electron chi connectivity index (χ0n) is 8.45. The van der Waals surface area contributed by atoms with Gasteiger partial charge in [0.2, 0.25) is 0 Å². The van der Waals surface area contributed by atoms with Gasteiger partial charge in [-0.1, -0.05) is 12.1 Å². The SMILES string of the molecule is Cn1ccc2c(C(F)(F)C(=O)O)cccc21. The zero-order chi connectivity index (χ0) is 11.9. The first-order valence-corrected chi connectivity index (χ1v) is 4.60. The molecule has 1 aromatic heterocycles. The van der Waals surface area contributed by atoms with Crippen LogP contribution in [0.25, 0.3) is 10.9 Å². The summed E-state index contributed by atoms with van der Waals surface area (Å²) in [5.41, 5.74) is 0.108. The Labute approximate surface area is 89.9 Å². The van der Waals surface area contributed by atoms with Gasteiger partial charge in [-0.2, -0.15) is 8.78 Å². The molecule has 0 unspecified atom stereocenters. The van der Waals surface area contributed by atoms with Crippen LogP contribution in [0.4, 0.5) is 8.78 Å². The van der Waals surface area contributed by atoms with E-state index < -0.39 is 17.5 Å². The van der Waals surface area contributed by atoms with E-state index in [2.05, 4.69) is 0 Å². The highest BCUT2D eigenvalue weighted by molar-refractivity contribution is 5.90. The van der Waals surface area contributed by atoms with Gasteiger partial charge in [0.25, 0.3) is 0 Å². The molecule has 2 rings (SSSR count). The van der Waals surface area contributed by atoms with E-state index in [-0.39, 0.29) is 5.39 Å². The number of nitrogens with zero attached hydrogens (tertiary/aromatic N) is 1. The third kappa shape index (κ3) is 1.36. The van der Waals surface area contributed by atoms with E-state index in [1.807, 2.05) is 0 Å². The van der Waals surface area contributed by atoms with Crippen LogP contribution in [0, 0.1) is 0 Å². The third-order valence-corrected chi connectivity index (χ3v) is 2.53. The first kappa shape index (κ1) is 10.6. The van der Waals surface area contributed by atoms with Crippen molar-refractivity contribution in [1.29, 1.82) is 0 Å². The molecule has 0 atom stereocenters. The normalized spacial score (nSPS) is 11.9. The van der Waals surface area contributed by atoms with Crippen molar-refractivity contribution in [2.45, 2.75) is 5.92 Å². The number of hydrogen-bond acceptors (Lipinski definition) is 1. The fraction of sp³-hybridized carbons (Fsp3) is 0.182. The predicted molar refractivity (Wildman–Crippen MR) is 54.4 cm³/mol. The van der Waals surface area contributed by atoms with Gasteiger partial charge in [-0.25, -0.2) is 4.79 Å². The number of carbonyl (C=O) groups is 1. The highest BCUT2D eigenvalue weighted by atomic mass is 19.3. The van der Waals surface area contributed by atoms with Gasteiger partial charge < -0.3 is 9.67 Å². The van der Waals surface area contributed by atoms with E-state index in [0.717, 1.165) is 6.07 Å². The molecule has 0 fully saturated rings. The van der Waals surface area contributed by atoms with Gasteiger partial charge in [0.05, 0.1) is 0 Å². The van der Waals surface area contributed by atoms with Crippen molar-refractivity contribution >= 4 is 16.9 Å². The van der Waals surface area contributed by atoms with Gasteiger partial charge >= 0.3 is 11.9 Å². The number of aromatic nitrogens is 1. The molecule has 1 heterocycles. The van der Waals surface area contributed by atoms with Gasteiger partial charge in [0, 0.05) is 29.7 Å². The zero-order valence-corrected chi connectivity index (χ0v) is 8.45. The van der Waals surface area contributed by atoms with Crippen LogP contribution in [0.1, 0.15) is 5.56 Å². The standard InChI is InChI=1S/C11H9F2NO2/c1-14-6-5-7-8(3-2-4-9(7)14)11(12,13)10(15)16/h2-6H,1H3,(H,15,16). The fourth-order valence-corrected chi connectivity index (χ4v) is 1.69. The van der Waals surface area contributed by atoms with Crippen LogP contribution in [0.2, 0.25) is 0 Å². The van der Waals surface area contributed by atoms with E-state index in [1.54, 1.807) is 23.9 Å². The summed E-state index contributed by atoms with van der Waals surface area (Å²) in [7, 11) is 1.71. The molecule has 0 saturated heterocycles. The Hall–Kier alpha value is -1.91. The Balaban J connectivity index is 2.75. The van der Waals surface area contributed by atoms with E-state index in [1.165, 1.54) is 12.1 Å². The molecule has 0 aliphatic rings. The summed E-state index contributed by atoms with van der Waals surface area (Å²) in [6.45, 7) is 0. The summed E-state index contributed by atoms with van der Waals surface area (Å²) in [6, 6.07) is 5.71. The number of hydrogen-bond donors (Lipinski definition) is 1. The lowest BCUT2D eigenvalue weighted by Crippen LogP contribution is -2.25. The molecule has 0 amide bonds. The lowest BCUT2D eigenvalue weighted by molar-refractivity contribution is -0.166. The van der Waals surface area contributed by atoms with Crippen molar-refractivity contribution in [2.24, 2.45) is 7.05 Å². The Morgan fingerprint density at radius 3 is 2.69 bits per heavy atom. The van der Waals surface area contributed by atoms with Crippen LogP contribution >= 0.6 is 0 Å². The Morgan fingerprint density at radius 1 is 1.38 bits per heavy atom. The minimum absolute atomic E-state index is 0.261. The summed E-state index contributed by atoms with van der Waals surface area (Å²) in [4.78, 5) is 10.5. The monoisotopic (exact) mass is 225 g/mol. The van der Waals surface area contributed by atoms with Crippen molar-refractivity contribution < 1.29 is 18.7 Å². The summed E-state index contributed by atoms with van der Waals surface area (Å²) in [6.07, 6.45) is 1.62. The van der Waals surface area contributed by atoms with Crippen LogP contribution in [0.15, 0.2) is 30.5 Å². The number of halogens is 2. The average Bonchev–Trinajstić information content (AvgIpc) is 2.60. The molecule has 3 nitrogen and oxygen atoms in total. The largest absolute Gasteiger partial charge is 0.477 e. The number of alkyl halides is 2. The number of benzene rings is 1. The Morgan fingerprint density at radius 2 is 2.06 bits per heavy atom. The maximum absolute atomic E-state index is 13.4. The first-order chi connectivity index (χ1) is 7.44. The van der Waals surface area contributed by atoms with E-state index >= 15 is 0 Å². The molecule has 16 heavy (non-hydrogen) atoms. The van der Waals surface area contributed by atoms with Crippen molar-refractivity contribution in [2.75, 3.05) is 0 Å². The van der Waals surface area contributed by atoms with Crippen molar-refractivity contribution in [3.63, 3.8) is 0 Å². The number of carboxylic acids is 1. The number of fused-ring (bicyclic) bond motifs is 1. The molecule has 1 aromatic carbocycles. The van der Waals surface area contributed by atoms with Crippen molar-refractivity contribution in [3.8, 4) is 0 Å². The topological polar surface area (TPSA) is 42.2 Å². The fourth-order valence-electron chi connectivity index (χ4n) is 1.69. The molecule has 0 spiro atoms. The summed E-state index contributed by atoms with van der Waals surface area (Å²) < 4.78 is 28.5. The number of aliphatic carboxylic acids is 1. The maximum Gasteiger partial charge on any atom is 0.379 e. The molecular weight excluding hydrogens is 216 g/mol. The lowest BCUT2D eigenvalue weighted by Gasteiger charge is -2.12. The van der Waals surface area contributed by atoms with Gasteiger partial charge in [-0.3, -0.25) is 0 Å². The van der Waals surface area contributed by atoms with Crippen molar-refractivity contribution in [1.82, 2.24) is 4.57 Å². The highest BCUT2D eigenvalue weighted by Crippen LogP contribution is 2.33. The third-order valence-electron chi connectivity index (χ3n) is 2.53. The molecule has 5 heteroatoms. The van der Waals surface area contributed by atoms with Crippen LogP contribution in [-0.2, 0) is 17.8 Å². The van der Waals surface area contributed by atoms with Gasteiger partial charge in [0.15, 0.2) is 0 Å². The molecule has 1 N–H and O–H groups in total. The van der Waals surface area contributed by atoms with E-state index in [9.17, 15) is 13.6 Å². The minimum Gasteiger partial charge on any atom is -0.477 e.